The Labute approximate surface area is 319 Å². The van der Waals surface area contributed by atoms with Crippen LogP contribution >= 0.6 is 11.3 Å². The second-order valence-electron chi connectivity index (χ2n) is 12.2. The molecule has 286 valence electrons. The topological polar surface area (TPSA) is 237 Å². The number of hydrogen-bond donors (Lipinski definition) is 3. The van der Waals surface area contributed by atoms with Gasteiger partial charge in [-0.1, -0.05) is 23.5 Å². The summed E-state index contributed by atoms with van der Waals surface area (Å²) < 4.78 is 11.7. The zero-order valence-electron chi connectivity index (χ0n) is 30.8. The van der Waals surface area contributed by atoms with Crippen LogP contribution in [-0.2, 0) is 29.2 Å². The molecule has 0 aliphatic rings. The van der Waals surface area contributed by atoms with E-state index in [0.29, 0.717) is 86.8 Å². The summed E-state index contributed by atoms with van der Waals surface area (Å²) in [6.07, 6.45) is 8.70. The number of nitrogens with one attached hydrogen (secondary N) is 1. The number of pyridine rings is 1. The van der Waals surface area contributed by atoms with Crippen molar-refractivity contribution in [1.82, 2.24) is 28.9 Å². The third kappa shape index (κ3) is 9.33. The Balaban J connectivity index is 1.57. The van der Waals surface area contributed by atoms with Gasteiger partial charge in [0.05, 0.1) is 28.1 Å². The highest BCUT2D eigenvalue weighted by molar-refractivity contribution is 7.16. The molecule has 0 aliphatic carbocycles. The number of carbonyl (C=O) groups excluding carboxylic acids is 5. The first-order chi connectivity index (χ1) is 26.5. The minimum absolute atomic E-state index is 0.0912. The zero-order valence-corrected chi connectivity index (χ0v) is 31.6. The fourth-order valence-corrected chi connectivity index (χ4v) is 6.63. The quantitative estimate of drug-likeness (QED) is 0.0539. The summed E-state index contributed by atoms with van der Waals surface area (Å²) in [4.78, 5) is 79.7. The SMILES string of the molecule is CCN=C(/C=C(/C)N)C(=O)N=c1sc2cc(C(N)=O)cnc2n1C/C=C/Cn1c(NC(=O)c2cc(C)nn2CC)nc2cc(C=O)cc(OCCCC=O)c21. The minimum atomic E-state index is -0.651. The molecule has 0 atom stereocenters. The first kappa shape index (κ1) is 39.6. The van der Waals surface area contributed by atoms with Gasteiger partial charge >= 0.3 is 0 Å². The Morgan fingerprint density at radius 2 is 1.82 bits per heavy atom. The van der Waals surface area contributed by atoms with Gasteiger partial charge in [-0.2, -0.15) is 10.1 Å². The first-order valence-corrected chi connectivity index (χ1v) is 18.2. The third-order valence-electron chi connectivity index (χ3n) is 8.01. The van der Waals surface area contributed by atoms with Crippen molar-refractivity contribution in [2.24, 2.45) is 21.5 Å². The van der Waals surface area contributed by atoms with Gasteiger partial charge < -0.3 is 25.6 Å². The maximum absolute atomic E-state index is 13.6. The van der Waals surface area contributed by atoms with Gasteiger partial charge in [0.2, 0.25) is 11.9 Å². The van der Waals surface area contributed by atoms with Crippen LogP contribution in [0.25, 0.3) is 21.4 Å². The predicted molar refractivity (Wildman–Crippen MR) is 208 cm³/mol. The molecule has 3 amide bonds. The number of nitrogens with zero attached hydrogens (tertiary/aromatic N) is 8. The molecule has 0 aliphatic heterocycles. The molecule has 5 N–H and O–H groups in total. The van der Waals surface area contributed by atoms with Gasteiger partial charge in [0.1, 0.15) is 35.2 Å². The number of fused-ring (bicyclic) bond motifs is 2. The number of aliphatic imine (C=N–C) groups is 1. The van der Waals surface area contributed by atoms with Crippen molar-refractivity contribution in [3.63, 3.8) is 0 Å². The molecular weight excluding hydrogens is 727 g/mol. The first-order valence-electron chi connectivity index (χ1n) is 17.4. The van der Waals surface area contributed by atoms with E-state index in [0.717, 1.165) is 17.6 Å². The number of anilines is 1. The van der Waals surface area contributed by atoms with Crippen molar-refractivity contribution in [1.29, 1.82) is 0 Å². The third-order valence-corrected chi connectivity index (χ3v) is 9.02. The van der Waals surface area contributed by atoms with Crippen molar-refractivity contribution in [2.75, 3.05) is 18.5 Å². The van der Waals surface area contributed by atoms with Crippen LogP contribution in [0.5, 0.6) is 5.75 Å². The maximum atomic E-state index is 13.6. The summed E-state index contributed by atoms with van der Waals surface area (Å²) in [6, 6.07) is 6.45. The summed E-state index contributed by atoms with van der Waals surface area (Å²) in [5.74, 6) is -1.16. The number of imidazole rings is 1. The number of rotatable bonds is 17. The lowest BCUT2D eigenvalue weighted by Gasteiger charge is -2.12. The molecule has 0 saturated carbocycles. The van der Waals surface area contributed by atoms with Crippen molar-refractivity contribution >= 4 is 74.7 Å². The molecule has 1 aromatic carbocycles. The molecule has 4 heterocycles. The van der Waals surface area contributed by atoms with Crippen LogP contribution in [0.2, 0.25) is 0 Å². The van der Waals surface area contributed by atoms with Crippen molar-refractivity contribution in [3.8, 4) is 5.75 Å². The van der Waals surface area contributed by atoms with E-state index in [-0.39, 0.29) is 36.9 Å². The molecule has 18 heteroatoms. The molecule has 0 unspecified atom stereocenters. The molecule has 0 spiro atoms. The van der Waals surface area contributed by atoms with Gasteiger partial charge in [0.25, 0.3) is 11.8 Å². The molecular formula is C37H41N11O6S. The number of aromatic nitrogens is 6. The molecule has 17 nitrogen and oxygen atoms in total. The number of hydrogen-bond acceptors (Lipinski definition) is 12. The maximum Gasteiger partial charge on any atom is 0.297 e. The number of primary amides is 1. The predicted octanol–water partition coefficient (Wildman–Crippen LogP) is 3.50. The Hall–Kier alpha value is -6.56. The number of aldehydes is 2. The molecule has 5 rings (SSSR count). The Bertz CT molecular complexity index is 2440. The van der Waals surface area contributed by atoms with E-state index < -0.39 is 17.7 Å². The highest BCUT2D eigenvalue weighted by Crippen LogP contribution is 2.31. The summed E-state index contributed by atoms with van der Waals surface area (Å²) in [5.41, 5.74) is 14.7. The fraction of sp³-hybridized carbons (Fsp3) is 0.297. The number of ether oxygens (including phenoxy) is 1. The number of allylic oxidation sites excluding steroid dienone is 3. The average molecular weight is 768 g/mol. The molecule has 0 saturated heterocycles. The largest absolute Gasteiger partial charge is 0.491 e. The van der Waals surface area contributed by atoms with Crippen LogP contribution in [0, 0.1) is 6.92 Å². The summed E-state index contributed by atoms with van der Waals surface area (Å²) in [7, 11) is 0. The van der Waals surface area contributed by atoms with Gasteiger partial charge in [-0.25, -0.2) is 9.97 Å². The van der Waals surface area contributed by atoms with E-state index in [1.54, 1.807) is 58.9 Å². The highest BCUT2D eigenvalue weighted by Gasteiger charge is 2.21. The standard InChI is InChI=1S/C37H41N11O6S/c1-5-40-27(15-22(3)38)34(52)44-37-47(33-30(55-37)19-25(20-41-33)32(39)51)12-8-7-11-46-31-26(17-24(21-50)18-29(31)54-14-10-9-13-49)42-36(46)43-35(53)28-16-23(4)45-48(28)6-2/h7-8,13,15-21H,5-6,9-12,14,38H2,1-4H3,(H2,39,51)(H,42,43,53)/b8-7+,22-15-,40-27?,44-37?. The van der Waals surface area contributed by atoms with Gasteiger partial charge in [0.15, 0.2) is 10.4 Å². The number of nitrogens with two attached hydrogens (primary N) is 2. The number of unbranched alkanes of at least 4 members (excludes halogenated alkanes) is 1. The number of benzene rings is 1. The zero-order chi connectivity index (χ0) is 39.6. The van der Waals surface area contributed by atoms with Crippen molar-refractivity contribution in [2.45, 2.75) is 60.2 Å². The molecule has 5 aromatic rings. The number of thiazole rings is 1. The van der Waals surface area contributed by atoms with E-state index in [1.165, 1.54) is 12.3 Å². The summed E-state index contributed by atoms with van der Waals surface area (Å²) in [6.45, 7) is 8.49. The van der Waals surface area contributed by atoms with Crippen LogP contribution in [0.1, 0.15) is 70.5 Å². The molecule has 55 heavy (non-hydrogen) atoms. The Morgan fingerprint density at radius 3 is 2.49 bits per heavy atom. The van der Waals surface area contributed by atoms with Gasteiger partial charge in [-0.3, -0.25) is 38.7 Å². The van der Waals surface area contributed by atoms with E-state index >= 15 is 0 Å². The molecule has 0 fully saturated rings. The van der Waals surface area contributed by atoms with E-state index in [1.807, 2.05) is 19.1 Å². The van der Waals surface area contributed by atoms with E-state index in [9.17, 15) is 24.0 Å². The lowest BCUT2D eigenvalue weighted by Crippen LogP contribution is -2.21. The van der Waals surface area contributed by atoms with Gasteiger partial charge in [-0.05, 0) is 64.5 Å². The number of carbonyl (C=O) groups is 5. The number of amides is 3. The Kier molecular flexibility index (Phi) is 13.0. The second kappa shape index (κ2) is 18.0. The van der Waals surface area contributed by atoms with Crippen LogP contribution in [0.3, 0.4) is 0 Å². The summed E-state index contributed by atoms with van der Waals surface area (Å²) in [5, 5.41) is 7.28. The van der Waals surface area contributed by atoms with Crippen LogP contribution in [0.4, 0.5) is 5.95 Å². The second-order valence-corrected chi connectivity index (χ2v) is 13.2. The number of aryl methyl sites for hydroxylation is 2. The van der Waals surface area contributed by atoms with Gasteiger partial charge in [0, 0.05) is 50.1 Å². The molecule has 4 aromatic heterocycles. The lowest BCUT2D eigenvalue weighted by atomic mass is 10.2. The van der Waals surface area contributed by atoms with Gasteiger partial charge in [-0.15, -0.1) is 0 Å². The van der Waals surface area contributed by atoms with Crippen LogP contribution in [-0.4, -0.2) is 78.0 Å². The average Bonchev–Trinajstić information content (AvgIpc) is 3.82. The lowest BCUT2D eigenvalue weighted by molar-refractivity contribution is -0.112. The molecule has 0 radical (unpaired) electrons. The van der Waals surface area contributed by atoms with Crippen LogP contribution < -0.4 is 26.3 Å². The van der Waals surface area contributed by atoms with Crippen LogP contribution in [0.15, 0.2) is 64.4 Å². The fourth-order valence-electron chi connectivity index (χ4n) is 5.59. The van der Waals surface area contributed by atoms with Crippen molar-refractivity contribution in [3.05, 3.63) is 81.7 Å². The Morgan fingerprint density at radius 1 is 1.05 bits per heavy atom. The van der Waals surface area contributed by atoms with E-state index in [2.05, 4.69) is 30.4 Å². The molecule has 0 bridgehead atoms. The monoisotopic (exact) mass is 767 g/mol. The smallest absolute Gasteiger partial charge is 0.297 e. The highest BCUT2D eigenvalue weighted by atomic mass is 32.1. The minimum Gasteiger partial charge on any atom is -0.491 e. The summed E-state index contributed by atoms with van der Waals surface area (Å²) >= 11 is 1.15. The van der Waals surface area contributed by atoms with E-state index in [4.69, 9.17) is 16.2 Å². The van der Waals surface area contributed by atoms with Crippen molar-refractivity contribution < 1.29 is 28.7 Å². The normalized spacial score (nSPS) is 12.5.